The van der Waals surface area contributed by atoms with Gasteiger partial charge in [0.2, 0.25) is 0 Å². The molecule has 5 aromatic rings. The minimum Gasteiger partial charge on any atom is -0.267 e. The summed E-state index contributed by atoms with van der Waals surface area (Å²) in [7, 11) is 0. The number of halogens is 1. The number of benzene rings is 3. The van der Waals surface area contributed by atoms with Gasteiger partial charge in [0.05, 0.1) is 17.1 Å². The molecule has 0 saturated heterocycles. The Hall–Kier alpha value is -3.55. The van der Waals surface area contributed by atoms with Gasteiger partial charge in [0.1, 0.15) is 0 Å². The molecule has 35 heavy (non-hydrogen) atoms. The number of aryl methyl sites for hydroxylation is 1. The summed E-state index contributed by atoms with van der Waals surface area (Å²) in [5.41, 5.74) is 4.42. The highest BCUT2D eigenvalue weighted by Gasteiger charge is 2.13. The van der Waals surface area contributed by atoms with E-state index >= 15 is 0 Å². The van der Waals surface area contributed by atoms with Gasteiger partial charge in [0.25, 0.3) is 5.56 Å². The van der Waals surface area contributed by atoms with E-state index in [9.17, 15) is 4.79 Å². The van der Waals surface area contributed by atoms with E-state index in [1.807, 2.05) is 67.6 Å². The van der Waals surface area contributed by atoms with Crippen LogP contribution in [0.15, 0.2) is 111 Å². The molecule has 0 saturated carbocycles. The third kappa shape index (κ3) is 5.42. The Bertz CT molecular complexity index is 1600. The van der Waals surface area contributed by atoms with Gasteiger partial charge in [-0.3, -0.25) is 9.78 Å². The molecule has 3 aromatic carbocycles. The maximum atomic E-state index is 13.5. The van der Waals surface area contributed by atoms with Gasteiger partial charge in [0.15, 0.2) is 5.82 Å². The Morgan fingerprint density at radius 1 is 1.00 bits per heavy atom. The van der Waals surface area contributed by atoms with E-state index < -0.39 is 0 Å². The summed E-state index contributed by atoms with van der Waals surface area (Å²) in [4.78, 5) is 23.6. The van der Waals surface area contributed by atoms with E-state index in [1.54, 1.807) is 36.4 Å². The van der Waals surface area contributed by atoms with Gasteiger partial charge in [-0.15, -0.1) is 11.8 Å². The lowest BCUT2D eigenvalue weighted by Gasteiger charge is -2.11. The minimum absolute atomic E-state index is 0.216. The Morgan fingerprint density at radius 2 is 1.83 bits per heavy atom. The molecule has 0 bridgehead atoms. The molecule has 2 heterocycles. The number of rotatable bonds is 6. The first kappa shape index (κ1) is 23.2. The van der Waals surface area contributed by atoms with Crippen LogP contribution in [0.25, 0.3) is 22.3 Å². The molecule has 5 rings (SSSR count). The van der Waals surface area contributed by atoms with Crippen LogP contribution < -0.4 is 5.56 Å². The van der Waals surface area contributed by atoms with Gasteiger partial charge < -0.3 is 0 Å². The van der Waals surface area contributed by atoms with Gasteiger partial charge in [-0.25, -0.2) is 4.98 Å². The van der Waals surface area contributed by atoms with Gasteiger partial charge in [-0.05, 0) is 54.4 Å². The van der Waals surface area contributed by atoms with Gasteiger partial charge in [0, 0.05) is 33.1 Å². The molecule has 0 unspecified atom stereocenters. The van der Waals surface area contributed by atoms with Crippen molar-refractivity contribution < 1.29 is 0 Å². The number of thioether (sulfide) groups is 1. The molecule has 0 spiro atoms. The lowest BCUT2D eigenvalue weighted by molar-refractivity contribution is 0.829. The van der Waals surface area contributed by atoms with E-state index in [4.69, 9.17) is 4.98 Å². The van der Waals surface area contributed by atoms with Crippen LogP contribution in [-0.2, 0) is 5.75 Å². The van der Waals surface area contributed by atoms with Crippen molar-refractivity contribution in [3.63, 3.8) is 0 Å². The van der Waals surface area contributed by atoms with Crippen LogP contribution in [0.3, 0.4) is 0 Å². The quantitative estimate of drug-likeness (QED) is 0.177. The molecule has 0 aliphatic heterocycles. The van der Waals surface area contributed by atoms with Crippen molar-refractivity contribution in [2.75, 3.05) is 0 Å². The van der Waals surface area contributed by atoms with Crippen LogP contribution >= 0.6 is 27.7 Å². The summed E-state index contributed by atoms with van der Waals surface area (Å²) in [6.07, 6.45) is 5.29. The monoisotopic (exact) mass is 540 g/mol. The molecule has 172 valence electrons. The predicted molar refractivity (Wildman–Crippen MR) is 147 cm³/mol. The summed E-state index contributed by atoms with van der Waals surface area (Å²) in [5.74, 6) is 1.29. The highest BCUT2D eigenvalue weighted by Crippen LogP contribution is 2.26. The lowest BCUT2D eigenvalue weighted by Crippen LogP contribution is -2.20. The van der Waals surface area contributed by atoms with Gasteiger partial charge in [-0.2, -0.15) is 9.78 Å². The first-order chi connectivity index (χ1) is 17.1. The minimum atomic E-state index is -0.216. The van der Waals surface area contributed by atoms with E-state index in [0.29, 0.717) is 16.7 Å². The summed E-state index contributed by atoms with van der Waals surface area (Å²) < 4.78 is 2.22. The third-order valence-electron chi connectivity index (χ3n) is 5.41. The van der Waals surface area contributed by atoms with Crippen molar-refractivity contribution in [2.45, 2.75) is 17.6 Å². The molecule has 0 N–H and O–H groups in total. The molecule has 0 aliphatic carbocycles. The van der Waals surface area contributed by atoms with Crippen molar-refractivity contribution in [1.82, 2.24) is 14.6 Å². The summed E-state index contributed by atoms with van der Waals surface area (Å²) in [6, 6.07) is 25.6. The molecule has 0 fully saturated rings. The highest BCUT2D eigenvalue weighted by atomic mass is 79.9. The van der Waals surface area contributed by atoms with E-state index in [2.05, 4.69) is 38.1 Å². The second-order valence-electron chi connectivity index (χ2n) is 8.04. The van der Waals surface area contributed by atoms with Crippen molar-refractivity contribution in [3.8, 4) is 11.4 Å². The predicted octanol–water partition coefficient (Wildman–Crippen LogP) is 6.70. The highest BCUT2D eigenvalue weighted by molar-refractivity contribution is 9.10. The van der Waals surface area contributed by atoms with Crippen LogP contribution in [0.5, 0.6) is 0 Å². The van der Waals surface area contributed by atoms with E-state index in [-0.39, 0.29) is 5.56 Å². The molecule has 7 heteroatoms. The standard InChI is InChI=1S/C28H21BrN4OS/c1-19-4-2-5-20(14-19)17-31-33-27(32-26-9-8-23(29)16-25(26)28(33)34)22-7-3-6-21(15-22)18-35-24-10-12-30-13-11-24/h2-17H,18H2,1H3. The summed E-state index contributed by atoms with van der Waals surface area (Å²) in [6.45, 7) is 2.03. The smallest absolute Gasteiger partial charge is 0.267 e. The zero-order valence-corrected chi connectivity index (χ0v) is 21.3. The first-order valence-electron chi connectivity index (χ1n) is 11.0. The normalized spacial score (nSPS) is 11.4. The second kappa shape index (κ2) is 10.4. The van der Waals surface area contributed by atoms with E-state index in [1.165, 1.54) is 4.68 Å². The molecule has 2 aromatic heterocycles. The molecular weight excluding hydrogens is 520 g/mol. The Kier molecular flexibility index (Phi) is 6.88. The zero-order chi connectivity index (χ0) is 24.2. The number of aromatic nitrogens is 3. The molecule has 0 atom stereocenters. The fourth-order valence-electron chi connectivity index (χ4n) is 3.72. The number of hydrogen-bond acceptors (Lipinski definition) is 5. The maximum Gasteiger partial charge on any atom is 0.282 e. The molecular formula is C28H21BrN4OS. The average molecular weight is 541 g/mol. The number of hydrogen-bond donors (Lipinski definition) is 0. The Morgan fingerprint density at radius 3 is 2.66 bits per heavy atom. The van der Waals surface area contributed by atoms with Crippen LogP contribution in [0.1, 0.15) is 16.7 Å². The molecule has 0 aliphatic rings. The number of pyridine rings is 1. The van der Waals surface area contributed by atoms with Crippen molar-refractivity contribution in [3.05, 3.63) is 123 Å². The topological polar surface area (TPSA) is 60.1 Å². The number of nitrogens with zero attached hydrogens (tertiary/aromatic N) is 4. The Labute approximate surface area is 215 Å². The third-order valence-corrected chi connectivity index (χ3v) is 6.99. The molecule has 0 amide bonds. The second-order valence-corrected chi connectivity index (χ2v) is 10.0. The lowest BCUT2D eigenvalue weighted by atomic mass is 10.1. The average Bonchev–Trinajstić information content (AvgIpc) is 2.88. The first-order valence-corrected chi connectivity index (χ1v) is 12.8. The van der Waals surface area contributed by atoms with E-state index in [0.717, 1.165) is 37.4 Å². The van der Waals surface area contributed by atoms with Gasteiger partial charge >= 0.3 is 0 Å². The SMILES string of the molecule is Cc1cccc(C=Nn2c(-c3cccc(CSc4ccncc4)c3)nc3ccc(Br)cc3c2=O)c1. The fourth-order valence-corrected chi connectivity index (χ4v) is 4.91. The summed E-state index contributed by atoms with van der Waals surface area (Å²) >= 11 is 5.20. The van der Waals surface area contributed by atoms with Gasteiger partial charge in [-0.1, -0.05) is 64.0 Å². The van der Waals surface area contributed by atoms with Crippen molar-refractivity contribution in [2.24, 2.45) is 5.10 Å². The van der Waals surface area contributed by atoms with Crippen LogP contribution in [-0.4, -0.2) is 20.9 Å². The zero-order valence-electron chi connectivity index (χ0n) is 18.9. The Balaban J connectivity index is 1.59. The molecule has 0 radical (unpaired) electrons. The van der Waals surface area contributed by atoms with Crippen LogP contribution in [0, 0.1) is 6.92 Å². The summed E-state index contributed by atoms with van der Waals surface area (Å²) in [5, 5.41) is 5.09. The maximum absolute atomic E-state index is 13.5. The van der Waals surface area contributed by atoms with Crippen molar-refractivity contribution in [1.29, 1.82) is 0 Å². The van der Waals surface area contributed by atoms with Crippen LogP contribution in [0.2, 0.25) is 0 Å². The number of fused-ring (bicyclic) bond motifs is 1. The molecule has 5 nitrogen and oxygen atoms in total. The van der Waals surface area contributed by atoms with Crippen molar-refractivity contribution >= 4 is 44.8 Å². The largest absolute Gasteiger partial charge is 0.282 e. The van der Waals surface area contributed by atoms with Crippen LogP contribution in [0.4, 0.5) is 0 Å². The fraction of sp³-hybridized carbons (Fsp3) is 0.0714.